The Balaban J connectivity index is 2.40. The van der Waals surface area contributed by atoms with Crippen molar-refractivity contribution in [3.05, 3.63) is 0 Å². The van der Waals surface area contributed by atoms with Crippen molar-refractivity contribution in [2.45, 2.75) is 38.8 Å². The molecule has 4 N–H and O–H groups in total. The molecule has 2 unspecified atom stereocenters. The minimum absolute atomic E-state index is 0.158. The van der Waals surface area contributed by atoms with Crippen LogP contribution in [0, 0.1) is 5.92 Å². The Bertz CT molecular complexity index is 150. The van der Waals surface area contributed by atoms with E-state index < -0.39 is 0 Å². The molecule has 0 spiro atoms. The van der Waals surface area contributed by atoms with Gasteiger partial charge in [-0.2, -0.15) is 0 Å². The van der Waals surface area contributed by atoms with Gasteiger partial charge in [0.15, 0.2) is 0 Å². The van der Waals surface area contributed by atoms with Gasteiger partial charge in [-0.3, -0.25) is 0 Å². The van der Waals surface area contributed by atoms with Crippen LogP contribution in [0.25, 0.3) is 0 Å². The van der Waals surface area contributed by atoms with Gasteiger partial charge in [0, 0.05) is 18.1 Å². The molecule has 0 aromatic carbocycles. The molecule has 0 radical (unpaired) electrons. The van der Waals surface area contributed by atoms with Crippen molar-refractivity contribution < 1.29 is 0 Å². The van der Waals surface area contributed by atoms with Crippen LogP contribution in [0.4, 0.5) is 0 Å². The Labute approximate surface area is 81.5 Å². The first-order chi connectivity index (χ1) is 6.06. The first-order valence-corrected chi connectivity index (χ1v) is 5.24. The fraction of sp³-hybridized carbons (Fsp3) is 1.00. The summed E-state index contributed by atoms with van der Waals surface area (Å²) in [5.74, 6) is 0.521. The topological polar surface area (TPSA) is 50.1 Å². The average Bonchev–Trinajstić information content (AvgIpc) is 2.54. The normalized spacial score (nSPS) is 26.3. The monoisotopic (exact) mass is 185 g/mol. The zero-order chi connectivity index (χ0) is 9.90. The summed E-state index contributed by atoms with van der Waals surface area (Å²) in [6.45, 7) is 9.67. The molecule has 1 saturated heterocycles. The third-order valence-electron chi connectivity index (χ3n) is 3.22. The van der Waals surface area contributed by atoms with E-state index in [0.717, 1.165) is 19.6 Å². The largest absolute Gasteiger partial charge is 0.330 e. The van der Waals surface area contributed by atoms with E-state index in [4.69, 9.17) is 5.73 Å². The molecule has 13 heavy (non-hydrogen) atoms. The molecule has 0 aromatic rings. The summed E-state index contributed by atoms with van der Waals surface area (Å²) >= 11 is 0. The molecule has 0 bridgehead atoms. The van der Waals surface area contributed by atoms with Crippen LogP contribution in [0.2, 0.25) is 0 Å². The summed E-state index contributed by atoms with van der Waals surface area (Å²) in [7, 11) is 0. The standard InChI is InChI=1S/C10H23N3/c1-8(6-11)10(2,3)13-9-4-5-12-7-9/h8-9,12-13H,4-7,11H2,1-3H3. The number of nitrogens with two attached hydrogens (primary N) is 1. The van der Waals surface area contributed by atoms with Gasteiger partial charge in [0.1, 0.15) is 0 Å². The summed E-state index contributed by atoms with van der Waals surface area (Å²) in [5, 5.41) is 7.02. The van der Waals surface area contributed by atoms with Gasteiger partial charge in [0.05, 0.1) is 0 Å². The maximum atomic E-state index is 5.68. The van der Waals surface area contributed by atoms with Crippen LogP contribution in [0.5, 0.6) is 0 Å². The second-order valence-corrected chi connectivity index (χ2v) is 4.69. The quantitative estimate of drug-likeness (QED) is 0.591. The molecule has 3 heteroatoms. The Morgan fingerprint density at radius 2 is 2.31 bits per heavy atom. The van der Waals surface area contributed by atoms with Gasteiger partial charge in [0.2, 0.25) is 0 Å². The van der Waals surface area contributed by atoms with E-state index in [1.807, 2.05) is 0 Å². The van der Waals surface area contributed by atoms with Crippen LogP contribution in [-0.2, 0) is 0 Å². The SMILES string of the molecule is CC(CN)C(C)(C)NC1CCNC1. The molecule has 1 fully saturated rings. The fourth-order valence-electron chi connectivity index (χ4n) is 1.74. The second-order valence-electron chi connectivity index (χ2n) is 4.69. The smallest absolute Gasteiger partial charge is 0.0209 e. The lowest BCUT2D eigenvalue weighted by atomic mass is 9.88. The van der Waals surface area contributed by atoms with E-state index in [0.29, 0.717) is 12.0 Å². The molecular weight excluding hydrogens is 162 g/mol. The predicted molar refractivity (Wildman–Crippen MR) is 56.7 cm³/mol. The molecule has 0 saturated carbocycles. The minimum atomic E-state index is 0.158. The summed E-state index contributed by atoms with van der Waals surface area (Å²) in [6, 6.07) is 0.629. The first kappa shape index (κ1) is 11.0. The zero-order valence-corrected chi connectivity index (χ0v) is 9.06. The van der Waals surface area contributed by atoms with Crippen LogP contribution in [0.3, 0.4) is 0 Å². The van der Waals surface area contributed by atoms with Crippen LogP contribution < -0.4 is 16.4 Å². The molecule has 1 rings (SSSR count). The first-order valence-electron chi connectivity index (χ1n) is 5.24. The highest BCUT2D eigenvalue weighted by molar-refractivity contribution is 4.90. The molecular formula is C10H23N3. The summed E-state index contributed by atoms with van der Waals surface area (Å²) in [4.78, 5) is 0. The molecule has 1 aliphatic rings. The van der Waals surface area contributed by atoms with E-state index in [9.17, 15) is 0 Å². The maximum absolute atomic E-state index is 5.68. The van der Waals surface area contributed by atoms with Gasteiger partial charge < -0.3 is 16.4 Å². The van der Waals surface area contributed by atoms with Gasteiger partial charge >= 0.3 is 0 Å². The summed E-state index contributed by atoms with van der Waals surface area (Å²) in [6.07, 6.45) is 1.24. The van der Waals surface area contributed by atoms with Crippen molar-refractivity contribution in [3.63, 3.8) is 0 Å². The zero-order valence-electron chi connectivity index (χ0n) is 9.06. The highest BCUT2D eigenvalue weighted by Crippen LogP contribution is 2.17. The number of rotatable bonds is 4. The summed E-state index contributed by atoms with van der Waals surface area (Å²) in [5.41, 5.74) is 5.83. The highest BCUT2D eigenvalue weighted by atomic mass is 15.1. The van der Waals surface area contributed by atoms with E-state index in [1.165, 1.54) is 6.42 Å². The molecule has 2 atom stereocenters. The maximum Gasteiger partial charge on any atom is 0.0209 e. The average molecular weight is 185 g/mol. The van der Waals surface area contributed by atoms with Gasteiger partial charge in [-0.25, -0.2) is 0 Å². The Kier molecular flexibility index (Phi) is 3.71. The van der Waals surface area contributed by atoms with E-state index in [-0.39, 0.29) is 5.54 Å². The Hall–Kier alpha value is -0.120. The van der Waals surface area contributed by atoms with Gasteiger partial charge in [-0.15, -0.1) is 0 Å². The lowest BCUT2D eigenvalue weighted by molar-refractivity contribution is 0.250. The third-order valence-corrected chi connectivity index (χ3v) is 3.22. The van der Waals surface area contributed by atoms with Gasteiger partial charge in [-0.05, 0) is 39.3 Å². The van der Waals surface area contributed by atoms with Crippen molar-refractivity contribution in [1.29, 1.82) is 0 Å². The lowest BCUT2D eigenvalue weighted by Gasteiger charge is -2.35. The fourth-order valence-corrected chi connectivity index (χ4v) is 1.74. The molecule has 78 valence electrons. The van der Waals surface area contributed by atoms with Crippen molar-refractivity contribution >= 4 is 0 Å². The molecule has 1 aliphatic heterocycles. The van der Waals surface area contributed by atoms with Crippen molar-refractivity contribution in [2.24, 2.45) is 11.7 Å². The van der Waals surface area contributed by atoms with Crippen molar-refractivity contribution in [1.82, 2.24) is 10.6 Å². The van der Waals surface area contributed by atoms with Crippen LogP contribution in [0.1, 0.15) is 27.2 Å². The van der Waals surface area contributed by atoms with Crippen LogP contribution >= 0.6 is 0 Å². The van der Waals surface area contributed by atoms with Crippen LogP contribution in [-0.4, -0.2) is 31.2 Å². The van der Waals surface area contributed by atoms with Crippen LogP contribution in [0.15, 0.2) is 0 Å². The second kappa shape index (κ2) is 4.40. The number of nitrogens with one attached hydrogen (secondary N) is 2. The highest BCUT2D eigenvalue weighted by Gasteiger charge is 2.28. The van der Waals surface area contributed by atoms with Crippen molar-refractivity contribution in [2.75, 3.05) is 19.6 Å². The van der Waals surface area contributed by atoms with Gasteiger partial charge in [-0.1, -0.05) is 6.92 Å². The Morgan fingerprint density at radius 3 is 2.77 bits per heavy atom. The van der Waals surface area contributed by atoms with Crippen molar-refractivity contribution in [3.8, 4) is 0 Å². The molecule has 0 aliphatic carbocycles. The lowest BCUT2D eigenvalue weighted by Crippen LogP contribution is -2.52. The minimum Gasteiger partial charge on any atom is -0.330 e. The van der Waals surface area contributed by atoms with E-state index in [2.05, 4.69) is 31.4 Å². The number of hydrogen-bond acceptors (Lipinski definition) is 3. The molecule has 1 heterocycles. The molecule has 3 nitrogen and oxygen atoms in total. The van der Waals surface area contributed by atoms with E-state index in [1.54, 1.807) is 0 Å². The van der Waals surface area contributed by atoms with Gasteiger partial charge in [0.25, 0.3) is 0 Å². The molecule has 0 amide bonds. The number of hydrogen-bond donors (Lipinski definition) is 3. The van der Waals surface area contributed by atoms with E-state index >= 15 is 0 Å². The predicted octanol–water partition coefficient (Wildman–Crippen LogP) is 0.311. The third kappa shape index (κ3) is 2.93. The summed E-state index contributed by atoms with van der Waals surface area (Å²) < 4.78 is 0. The Morgan fingerprint density at radius 1 is 1.62 bits per heavy atom. The molecule has 0 aromatic heterocycles.